The Hall–Kier alpha value is -4.12. The fraction of sp³-hybridized carbons (Fsp3) is 0.379. The van der Waals surface area contributed by atoms with Crippen molar-refractivity contribution < 1.29 is 23.9 Å². The molecule has 1 fully saturated rings. The van der Waals surface area contributed by atoms with Gasteiger partial charge in [-0.15, -0.1) is 0 Å². The number of ether oxygens (including phenoxy) is 2. The molecule has 1 aromatic heterocycles. The highest BCUT2D eigenvalue weighted by Gasteiger charge is 2.38. The van der Waals surface area contributed by atoms with Crippen LogP contribution in [0.3, 0.4) is 0 Å². The van der Waals surface area contributed by atoms with E-state index in [4.69, 9.17) is 20.9 Å². The van der Waals surface area contributed by atoms with Crippen LogP contribution in [-0.4, -0.2) is 42.4 Å². The van der Waals surface area contributed by atoms with Crippen LogP contribution in [0.5, 0.6) is 11.5 Å². The largest absolute Gasteiger partial charge is 0.497 e. The summed E-state index contributed by atoms with van der Waals surface area (Å²) >= 11 is 0.764. The highest BCUT2D eigenvalue weighted by atomic mass is 32.1. The van der Waals surface area contributed by atoms with Gasteiger partial charge in [-0.25, -0.2) is 0 Å². The van der Waals surface area contributed by atoms with Crippen LogP contribution in [0.15, 0.2) is 42.5 Å². The van der Waals surface area contributed by atoms with Crippen molar-refractivity contribution in [2.45, 2.75) is 57.5 Å². The molecule has 1 saturated carbocycles. The van der Waals surface area contributed by atoms with Crippen LogP contribution in [0, 0.1) is 0 Å². The van der Waals surface area contributed by atoms with Crippen molar-refractivity contribution in [2.24, 2.45) is 5.73 Å². The molecule has 0 unspecified atom stereocenters. The second-order valence-corrected chi connectivity index (χ2v) is 10.8. The number of anilines is 2. The zero-order chi connectivity index (χ0) is 29.0. The molecule has 1 aliphatic rings. The quantitative estimate of drug-likeness (QED) is 0.329. The first-order valence-corrected chi connectivity index (χ1v) is 13.9. The van der Waals surface area contributed by atoms with Crippen molar-refractivity contribution >= 4 is 40.6 Å². The zero-order valence-corrected chi connectivity index (χ0v) is 23.9. The number of amides is 3. The molecule has 0 saturated heterocycles. The summed E-state index contributed by atoms with van der Waals surface area (Å²) in [6, 6.07) is 11.3. The Morgan fingerprint density at radius 3 is 2.27 bits per heavy atom. The van der Waals surface area contributed by atoms with Crippen LogP contribution in [0.25, 0.3) is 0 Å². The predicted octanol–water partition coefficient (Wildman–Crippen LogP) is 4.41. The fourth-order valence-electron chi connectivity index (χ4n) is 4.94. The van der Waals surface area contributed by atoms with Crippen molar-refractivity contribution in [1.29, 1.82) is 0 Å². The molecule has 1 heterocycles. The number of benzene rings is 2. The summed E-state index contributed by atoms with van der Waals surface area (Å²) in [6.45, 7) is 4.14. The number of nitrogens with zero attached hydrogens (tertiary/aromatic N) is 2. The third-order valence-corrected chi connectivity index (χ3v) is 8.00. The molecule has 0 spiro atoms. The number of hydrogen-bond donors (Lipinski definition) is 3. The minimum Gasteiger partial charge on any atom is -0.497 e. The molecule has 0 aliphatic heterocycles. The third kappa shape index (κ3) is 5.89. The van der Waals surface area contributed by atoms with E-state index in [1.54, 1.807) is 30.3 Å². The maximum absolute atomic E-state index is 14.3. The second-order valence-electron chi connectivity index (χ2n) is 10.1. The summed E-state index contributed by atoms with van der Waals surface area (Å²) < 4.78 is 15.1. The van der Waals surface area contributed by atoms with Gasteiger partial charge in [0.05, 0.1) is 19.9 Å². The van der Waals surface area contributed by atoms with Gasteiger partial charge in [0.15, 0.2) is 5.69 Å². The first kappa shape index (κ1) is 28.9. The monoisotopic (exact) mass is 565 g/mol. The number of carbonyl (C=O) groups is 3. The van der Waals surface area contributed by atoms with Gasteiger partial charge in [0.1, 0.15) is 22.4 Å². The number of hydrogen-bond acceptors (Lipinski definition) is 8. The average Bonchev–Trinajstić information content (AvgIpc) is 3.60. The van der Waals surface area contributed by atoms with Crippen LogP contribution >= 0.6 is 11.5 Å². The third-order valence-electron chi connectivity index (χ3n) is 7.15. The molecule has 2 aromatic carbocycles. The molecular formula is C29H35N5O5S. The Morgan fingerprint density at radius 1 is 1.05 bits per heavy atom. The van der Waals surface area contributed by atoms with Crippen LogP contribution in [0.2, 0.25) is 0 Å². The summed E-state index contributed by atoms with van der Waals surface area (Å²) in [6.07, 6.45) is 3.75. The molecule has 1 atom stereocenters. The van der Waals surface area contributed by atoms with E-state index in [1.807, 2.05) is 12.1 Å². The number of primary amides is 1. The Kier molecular flexibility index (Phi) is 8.93. The van der Waals surface area contributed by atoms with E-state index in [1.165, 1.54) is 19.1 Å². The average molecular weight is 566 g/mol. The number of methoxy groups -OCH3 is 2. The highest BCUT2D eigenvalue weighted by molar-refractivity contribution is 7.09. The predicted molar refractivity (Wildman–Crippen MR) is 155 cm³/mol. The number of rotatable bonds is 10. The van der Waals surface area contributed by atoms with Gasteiger partial charge in [0.2, 0.25) is 5.91 Å². The van der Waals surface area contributed by atoms with Gasteiger partial charge in [0.25, 0.3) is 11.8 Å². The minimum absolute atomic E-state index is 0.00210. The number of nitrogens with one attached hydrogen (secondary N) is 1. The topological polar surface area (TPSA) is 150 Å². The Balaban J connectivity index is 1.93. The van der Waals surface area contributed by atoms with E-state index >= 15 is 0 Å². The van der Waals surface area contributed by atoms with Crippen LogP contribution in [0.4, 0.5) is 11.4 Å². The van der Waals surface area contributed by atoms with Gasteiger partial charge in [0, 0.05) is 17.3 Å². The molecule has 4 rings (SSSR count). The zero-order valence-electron chi connectivity index (χ0n) is 23.1. The smallest absolute Gasteiger partial charge is 0.273 e. The number of carbonyl (C=O) groups excluding carboxylic acids is 3. The van der Waals surface area contributed by atoms with Crippen molar-refractivity contribution in [3.05, 3.63) is 64.2 Å². The highest BCUT2D eigenvalue weighted by Crippen LogP contribution is 2.39. The van der Waals surface area contributed by atoms with Crippen molar-refractivity contribution in [2.75, 3.05) is 24.9 Å². The number of nitrogens with two attached hydrogens (primary N) is 2. The molecule has 5 N–H and O–H groups in total. The van der Waals surface area contributed by atoms with Gasteiger partial charge >= 0.3 is 0 Å². The lowest BCUT2D eigenvalue weighted by molar-refractivity contribution is -0.123. The molecule has 10 nitrogen and oxygen atoms in total. The first-order valence-electron chi connectivity index (χ1n) is 13.2. The van der Waals surface area contributed by atoms with Gasteiger partial charge in [-0.3, -0.25) is 19.3 Å². The Bertz CT molecular complexity index is 1380. The van der Waals surface area contributed by atoms with E-state index in [0.29, 0.717) is 22.7 Å². The van der Waals surface area contributed by atoms with E-state index in [-0.39, 0.29) is 34.1 Å². The fourth-order valence-corrected chi connectivity index (χ4v) is 5.69. The summed E-state index contributed by atoms with van der Waals surface area (Å²) in [5.41, 5.74) is 13.3. The first-order chi connectivity index (χ1) is 19.2. The van der Waals surface area contributed by atoms with Gasteiger partial charge in [-0.2, -0.15) is 4.37 Å². The lowest BCUT2D eigenvalue weighted by Crippen LogP contribution is -2.46. The van der Waals surface area contributed by atoms with Gasteiger partial charge < -0.3 is 26.3 Å². The van der Waals surface area contributed by atoms with E-state index in [0.717, 1.165) is 42.8 Å². The molecule has 0 bridgehead atoms. The van der Waals surface area contributed by atoms with Gasteiger partial charge in [-0.05, 0) is 66.2 Å². The molecule has 3 amide bonds. The minimum atomic E-state index is -1.17. The summed E-state index contributed by atoms with van der Waals surface area (Å²) in [7, 11) is 3.03. The summed E-state index contributed by atoms with van der Waals surface area (Å²) in [5, 5.41) is 3.14. The molecule has 40 heavy (non-hydrogen) atoms. The van der Waals surface area contributed by atoms with Crippen molar-refractivity contribution in [3.8, 4) is 11.5 Å². The molecule has 212 valence electrons. The molecule has 11 heteroatoms. The lowest BCUT2D eigenvalue weighted by Gasteiger charge is -2.33. The van der Waals surface area contributed by atoms with Crippen LogP contribution in [0.1, 0.15) is 82.8 Å². The van der Waals surface area contributed by atoms with Crippen LogP contribution in [-0.2, 0) is 4.79 Å². The maximum Gasteiger partial charge on any atom is 0.273 e. The van der Waals surface area contributed by atoms with Crippen molar-refractivity contribution in [3.63, 3.8) is 0 Å². The van der Waals surface area contributed by atoms with Crippen molar-refractivity contribution in [1.82, 2.24) is 9.69 Å². The SMILES string of the molecule is COc1ccc(OC)c([C@H](C(=O)NC2CCCC2)N(C(=O)c2snc(C(N)=O)c2N)c2ccc(C(C)C)cc2)c1. The Morgan fingerprint density at radius 2 is 1.73 bits per heavy atom. The van der Waals surface area contributed by atoms with E-state index < -0.39 is 17.9 Å². The molecular weight excluding hydrogens is 530 g/mol. The number of aromatic nitrogens is 1. The Labute approximate surface area is 237 Å². The molecule has 3 aromatic rings. The van der Waals surface area contributed by atoms with Crippen LogP contribution < -0.4 is 31.2 Å². The summed E-state index contributed by atoms with van der Waals surface area (Å²) in [4.78, 5) is 41.8. The molecule has 1 aliphatic carbocycles. The van der Waals surface area contributed by atoms with Gasteiger partial charge in [-0.1, -0.05) is 38.8 Å². The lowest BCUT2D eigenvalue weighted by atomic mass is 9.99. The maximum atomic E-state index is 14.3. The number of nitrogen functional groups attached to an aromatic ring is 1. The standard InChI is InChI=1S/C29H35N5O5S/c1-16(2)17-9-11-19(12-10-17)34(29(37)26-23(30)24(27(31)35)33-40-26)25(28(36)32-18-7-5-6-8-18)21-15-20(38-3)13-14-22(21)39-4/h9-16,18,25H,5-8,30H2,1-4H3,(H2,31,35)(H,32,36)/t25-/m1/s1. The normalized spacial score (nSPS) is 14.1. The summed E-state index contributed by atoms with van der Waals surface area (Å²) in [5.74, 6) is -0.669. The molecule has 0 radical (unpaired) electrons. The van der Waals surface area contributed by atoms with E-state index in [2.05, 4.69) is 23.5 Å². The second kappa shape index (κ2) is 12.4. The van der Waals surface area contributed by atoms with E-state index in [9.17, 15) is 14.4 Å².